The molecule has 5 rings (SSSR count). The smallest absolute Gasteiger partial charge is 0.414 e. The molecule has 5 aliphatic rings. The maximum absolute atomic E-state index is 12.4. The molecule has 5 fully saturated rings. The molecule has 3 atom stereocenters. The summed E-state index contributed by atoms with van der Waals surface area (Å²) in [7, 11) is 0. The molecule has 4 aliphatic carbocycles. The van der Waals surface area contributed by atoms with E-state index < -0.39 is 17.5 Å². The van der Waals surface area contributed by atoms with Crippen LogP contribution in [0.3, 0.4) is 0 Å². The summed E-state index contributed by atoms with van der Waals surface area (Å²) in [6.45, 7) is 1.02. The summed E-state index contributed by atoms with van der Waals surface area (Å²) in [6.07, 6.45) is 7.87. The Morgan fingerprint density at radius 2 is 1.71 bits per heavy atom. The van der Waals surface area contributed by atoms with E-state index in [1.54, 1.807) is 4.90 Å². The van der Waals surface area contributed by atoms with Crippen molar-refractivity contribution in [3.63, 3.8) is 0 Å². The van der Waals surface area contributed by atoms with Crippen LogP contribution >= 0.6 is 0 Å². The number of nitrogens with zero attached hydrogens (tertiary/aromatic N) is 2. The first-order valence-corrected chi connectivity index (χ1v) is 9.78. The Morgan fingerprint density at radius 1 is 1.11 bits per heavy atom. The summed E-state index contributed by atoms with van der Waals surface area (Å²) < 4.78 is 0. The number of nitrogens with one attached hydrogen (secondary N) is 1. The molecule has 4 saturated carbocycles. The maximum Gasteiger partial charge on any atom is 0.414 e. The minimum absolute atomic E-state index is 0.0453. The number of amides is 1. The highest BCUT2D eigenvalue weighted by atomic mass is 16.4. The molecule has 4 N–H and O–H groups in total. The monoisotopic (exact) mass is 393 g/mol. The van der Waals surface area contributed by atoms with Gasteiger partial charge in [0.1, 0.15) is 6.04 Å². The second-order valence-corrected chi connectivity index (χ2v) is 8.80. The lowest BCUT2D eigenvalue weighted by Crippen LogP contribution is -2.65. The van der Waals surface area contributed by atoms with Crippen LogP contribution in [-0.4, -0.2) is 68.3 Å². The van der Waals surface area contributed by atoms with Crippen LogP contribution in [-0.2, 0) is 14.4 Å². The molecule has 1 heterocycles. The SMILES string of the molecule is N#C[C@@H]1CCCN1C(=O)CNC12CC3CC(CC(O)(C3)C1)C2.O=C(O)C(=O)O. The summed E-state index contributed by atoms with van der Waals surface area (Å²) in [6, 6.07) is 1.99. The van der Waals surface area contributed by atoms with Gasteiger partial charge < -0.3 is 25.5 Å². The van der Waals surface area contributed by atoms with E-state index in [4.69, 9.17) is 25.1 Å². The van der Waals surface area contributed by atoms with E-state index >= 15 is 0 Å². The van der Waals surface area contributed by atoms with Crippen molar-refractivity contribution < 1.29 is 29.7 Å². The van der Waals surface area contributed by atoms with Gasteiger partial charge in [0.05, 0.1) is 18.2 Å². The van der Waals surface area contributed by atoms with Gasteiger partial charge in [0.25, 0.3) is 0 Å². The van der Waals surface area contributed by atoms with Gasteiger partial charge >= 0.3 is 11.9 Å². The van der Waals surface area contributed by atoms with Gasteiger partial charge in [0.15, 0.2) is 0 Å². The molecule has 154 valence electrons. The van der Waals surface area contributed by atoms with Crippen molar-refractivity contribution in [1.29, 1.82) is 5.26 Å². The van der Waals surface area contributed by atoms with Crippen molar-refractivity contribution in [3.05, 3.63) is 0 Å². The fraction of sp³-hybridized carbons (Fsp3) is 0.789. The Labute approximate surface area is 163 Å². The number of carbonyl (C=O) groups is 3. The predicted octanol–water partition coefficient (Wildman–Crippen LogP) is 0.330. The molecule has 4 bridgehead atoms. The Hall–Kier alpha value is -2.18. The third-order valence-corrected chi connectivity index (χ3v) is 6.55. The predicted molar refractivity (Wildman–Crippen MR) is 96.0 cm³/mol. The number of hydrogen-bond donors (Lipinski definition) is 4. The van der Waals surface area contributed by atoms with Crippen LogP contribution < -0.4 is 5.32 Å². The molecule has 9 nitrogen and oxygen atoms in total. The van der Waals surface area contributed by atoms with E-state index in [0.717, 1.165) is 44.9 Å². The molecule has 1 saturated heterocycles. The van der Waals surface area contributed by atoms with Gasteiger partial charge in [0.2, 0.25) is 5.91 Å². The van der Waals surface area contributed by atoms with Gasteiger partial charge in [-0.05, 0) is 63.2 Å². The van der Waals surface area contributed by atoms with Crippen molar-refractivity contribution in [2.75, 3.05) is 13.1 Å². The minimum Gasteiger partial charge on any atom is -0.473 e. The van der Waals surface area contributed by atoms with E-state index in [-0.39, 0.29) is 17.5 Å². The van der Waals surface area contributed by atoms with E-state index in [1.807, 2.05) is 0 Å². The number of carboxylic acid groups (broad SMARTS) is 2. The topological polar surface area (TPSA) is 151 Å². The highest BCUT2D eigenvalue weighted by molar-refractivity contribution is 6.27. The first kappa shape index (κ1) is 20.6. The van der Waals surface area contributed by atoms with Gasteiger partial charge in [-0.25, -0.2) is 9.59 Å². The first-order chi connectivity index (χ1) is 13.2. The third-order valence-electron chi connectivity index (χ3n) is 6.55. The summed E-state index contributed by atoms with van der Waals surface area (Å²) >= 11 is 0. The molecule has 0 aromatic carbocycles. The van der Waals surface area contributed by atoms with Crippen molar-refractivity contribution in [2.24, 2.45) is 11.8 Å². The maximum atomic E-state index is 12.4. The largest absolute Gasteiger partial charge is 0.473 e. The Bertz CT molecular complexity index is 676. The van der Waals surface area contributed by atoms with E-state index in [9.17, 15) is 9.90 Å². The van der Waals surface area contributed by atoms with Crippen molar-refractivity contribution in [3.8, 4) is 6.07 Å². The van der Waals surface area contributed by atoms with Gasteiger partial charge in [-0.15, -0.1) is 0 Å². The number of aliphatic carboxylic acids is 2. The lowest BCUT2D eigenvalue weighted by atomic mass is 9.51. The van der Waals surface area contributed by atoms with Crippen LogP contribution in [0.1, 0.15) is 51.4 Å². The quantitative estimate of drug-likeness (QED) is 0.501. The third kappa shape index (κ3) is 4.28. The number of likely N-dealkylation sites (tertiary alicyclic amines) is 1. The van der Waals surface area contributed by atoms with E-state index in [2.05, 4.69) is 11.4 Å². The van der Waals surface area contributed by atoms with Crippen LogP contribution in [0.4, 0.5) is 0 Å². The zero-order valence-electron chi connectivity index (χ0n) is 15.8. The number of rotatable bonds is 3. The van der Waals surface area contributed by atoms with Gasteiger partial charge in [-0.3, -0.25) is 4.79 Å². The van der Waals surface area contributed by atoms with Crippen molar-refractivity contribution in [1.82, 2.24) is 10.2 Å². The molecule has 2 unspecified atom stereocenters. The molecular formula is C19H27N3O6. The molecule has 0 aromatic heterocycles. The molecule has 0 radical (unpaired) electrons. The highest BCUT2D eigenvalue weighted by Gasteiger charge is 2.57. The summed E-state index contributed by atoms with van der Waals surface area (Å²) in [5, 5.41) is 38.2. The van der Waals surface area contributed by atoms with Crippen LogP contribution in [0.5, 0.6) is 0 Å². The van der Waals surface area contributed by atoms with E-state index in [0.29, 0.717) is 24.9 Å². The van der Waals surface area contributed by atoms with Crippen LogP contribution in [0.2, 0.25) is 0 Å². The number of carbonyl (C=O) groups excluding carboxylic acids is 1. The number of aliphatic hydroxyl groups is 1. The average molecular weight is 393 g/mol. The second-order valence-electron chi connectivity index (χ2n) is 8.80. The normalized spacial score (nSPS) is 37.7. The van der Waals surface area contributed by atoms with Crippen LogP contribution in [0, 0.1) is 23.2 Å². The standard InChI is InChI=1S/C17H25N3O2.C2H2O4/c18-9-14-2-1-3-20(14)15(21)10-19-16-5-12-4-13(6-16)8-17(22,7-12)11-16;3-1(4)2(5)6/h12-14,19,22H,1-8,10-11H2;(H,3,4)(H,5,6)/t12?,13?,14-,16?,17?;/m0./s1. The van der Waals surface area contributed by atoms with Crippen molar-refractivity contribution in [2.45, 2.75) is 68.5 Å². The average Bonchev–Trinajstić information content (AvgIpc) is 3.07. The Balaban J connectivity index is 0.000000330. The highest BCUT2D eigenvalue weighted by Crippen LogP contribution is 2.57. The lowest BCUT2D eigenvalue weighted by molar-refractivity contribution is -0.159. The number of carboxylic acids is 2. The molecule has 1 amide bonds. The second kappa shape index (κ2) is 7.68. The summed E-state index contributed by atoms with van der Waals surface area (Å²) in [4.78, 5) is 32.4. The molecule has 28 heavy (non-hydrogen) atoms. The minimum atomic E-state index is -1.82. The zero-order chi connectivity index (χ0) is 20.5. The Kier molecular flexibility index (Phi) is 5.64. The fourth-order valence-corrected chi connectivity index (χ4v) is 5.99. The van der Waals surface area contributed by atoms with Gasteiger partial charge in [0, 0.05) is 12.1 Å². The fourth-order valence-electron chi connectivity index (χ4n) is 5.99. The molecule has 0 aromatic rings. The molecular weight excluding hydrogens is 366 g/mol. The first-order valence-electron chi connectivity index (χ1n) is 9.78. The zero-order valence-corrected chi connectivity index (χ0v) is 15.8. The van der Waals surface area contributed by atoms with Crippen LogP contribution in [0.25, 0.3) is 0 Å². The lowest BCUT2D eigenvalue weighted by Gasteiger charge is -2.60. The summed E-state index contributed by atoms with van der Waals surface area (Å²) in [5.41, 5.74) is -0.542. The Morgan fingerprint density at radius 3 is 2.21 bits per heavy atom. The number of hydrogen-bond acceptors (Lipinski definition) is 6. The molecule has 0 spiro atoms. The van der Waals surface area contributed by atoms with Gasteiger partial charge in [-0.2, -0.15) is 5.26 Å². The van der Waals surface area contributed by atoms with Gasteiger partial charge in [-0.1, -0.05) is 0 Å². The van der Waals surface area contributed by atoms with E-state index in [1.165, 1.54) is 6.42 Å². The number of nitriles is 1. The molecule has 1 aliphatic heterocycles. The van der Waals surface area contributed by atoms with Crippen molar-refractivity contribution >= 4 is 17.8 Å². The molecule has 9 heteroatoms. The summed E-state index contributed by atoms with van der Waals surface area (Å²) in [5.74, 6) is -2.36. The van der Waals surface area contributed by atoms with Crippen LogP contribution in [0.15, 0.2) is 0 Å².